The van der Waals surface area contributed by atoms with Gasteiger partial charge in [0.25, 0.3) is 5.91 Å². The number of nitrogens with one attached hydrogen (secondary N) is 1. The van der Waals surface area contributed by atoms with E-state index in [-0.39, 0.29) is 18.1 Å². The molecular weight excluding hydrogens is 350 g/mol. The van der Waals surface area contributed by atoms with Crippen molar-refractivity contribution in [1.82, 2.24) is 5.32 Å². The minimum atomic E-state index is -3.09. The topological polar surface area (TPSA) is 108 Å². The Labute approximate surface area is 145 Å². The minimum Gasteiger partial charge on any atom is -0.485 e. The number of hydrogen-bond donors (Lipinski definition) is 1. The lowest BCUT2D eigenvalue weighted by atomic mass is 10.2. The molecule has 0 aliphatic carbocycles. The smallest absolute Gasteiger partial charge is 0.351 e. The predicted octanol–water partition coefficient (Wildman–Crippen LogP) is 0.0614. The number of amides is 1. The molecular formula is C16H19NO7S. The Kier molecular flexibility index (Phi) is 4.85. The van der Waals surface area contributed by atoms with Gasteiger partial charge in [-0.15, -0.1) is 0 Å². The van der Waals surface area contributed by atoms with E-state index in [0.29, 0.717) is 17.9 Å². The highest BCUT2D eigenvalue weighted by atomic mass is 32.2. The lowest BCUT2D eigenvalue weighted by molar-refractivity contribution is -0.163. The van der Waals surface area contributed by atoms with Crippen LogP contribution in [0, 0.1) is 0 Å². The summed E-state index contributed by atoms with van der Waals surface area (Å²) in [5.41, 5.74) is 0. The number of carbonyl (C=O) groups excluding carboxylic acids is 2. The number of fused-ring (bicyclic) bond motifs is 1. The van der Waals surface area contributed by atoms with Crippen molar-refractivity contribution in [2.24, 2.45) is 0 Å². The van der Waals surface area contributed by atoms with Crippen LogP contribution in [-0.2, 0) is 24.2 Å². The van der Waals surface area contributed by atoms with Crippen molar-refractivity contribution in [3.8, 4) is 11.5 Å². The summed E-state index contributed by atoms with van der Waals surface area (Å²) in [6.07, 6.45) is -1.65. The van der Waals surface area contributed by atoms with Crippen LogP contribution in [0.3, 0.4) is 0 Å². The lowest BCUT2D eigenvalue weighted by Crippen LogP contribution is -2.45. The molecule has 0 spiro atoms. The zero-order valence-corrected chi connectivity index (χ0v) is 14.5. The van der Waals surface area contributed by atoms with Gasteiger partial charge in [0.2, 0.25) is 6.10 Å². The summed E-state index contributed by atoms with van der Waals surface area (Å²) in [7, 11) is -3.09. The number of hydrogen-bond acceptors (Lipinski definition) is 7. The van der Waals surface area contributed by atoms with Crippen LogP contribution < -0.4 is 14.8 Å². The summed E-state index contributed by atoms with van der Waals surface area (Å²) < 4.78 is 38.9. The molecule has 1 N–H and O–H groups in total. The average molecular weight is 369 g/mol. The first-order valence-corrected chi connectivity index (χ1v) is 9.76. The van der Waals surface area contributed by atoms with Gasteiger partial charge in [0, 0.05) is 6.04 Å². The lowest BCUT2D eigenvalue weighted by Gasteiger charge is -2.26. The minimum absolute atomic E-state index is 0.00887. The maximum absolute atomic E-state index is 12.2. The van der Waals surface area contributed by atoms with E-state index < -0.39 is 40.0 Å². The summed E-state index contributed by atoms with van der Waals surface area (Å²) in [5, 5.41) is 2.59. The van der Waals surface area contributed by atoms with Gasteiger partial charge in [0.1, 0.15) is 6.61 Å². The van der Waals surface area contributed by atoms with Gasteiger partial charge in [-0.25, -0.2) is 13.2 Å². The van der Waals surface area contributed by atoms with Crippen LogP contribution in [0.1, 0.15) is 13.3 Å². The molecule has 1 aromatic carbocycles. The third-order valence-corrected chi connectivity index (χ3v) is 5.78. The van der Waals surface area contributed by atoms with Gasteiger partial charge in [-0.3, -0.25) is 4.79 Å². The Bertz CT molecular complexity index is 776. The molecule has 136 valence electrons. The first-order chi connectivity index (χ1) is 11.8. The highest BCUT2D eigenvalue weighted by molar-refractivity contribution is 7.91. The van der Waals surface area contributed by atoms with Crippen molar-refractivity contribution in [3.63, 3.8) is 0 Å². The molecule has 8 nitrogen and oxygen atoms in total. The number of carbonyl (C=O) groups is 2. The van der Waals surface area contributed by atoms with Gasteiger partial charge >= 0.3 is 5.97 Å². The highest BCUT2D eigenvalue weighted by Crippen LogP contribution is 2.31. The fraction of sp³-hybridized carbons (Fsp3) is 0.500. The van der Waals surface area contributed by atoms with Crippen molar-refractivity contribution >= 4 is 21.7 Å². The number of sulfone groups is 1. The number of esters is 1. The van der Waals surface area contributed by atoms with Crippen molar-refractivity contribution in [2.75, 3.05) is 18.1 Å². The largest absolute Gasteiger partial charge is 0.485 e. The van der Waals surface area contributed by atoms with Gasteiger partial charge < -0.3 is 19.5 Å². The number of rotatable bonds is 4. The number of ether oxygens (including phenoxy) is 3. The molecule has 0 aromatic heterocycles. The Morgan fingerprint density at radius 2 is 2.00 bits per heavy atom. The van der Waals surface area contributed by atoms with Crippen LogP contribution in [0.4, 0.5) is 0 Å². The fourth-order valence-corrected chi connectivity index (χ4v) is 4.34. The molecule has 2 aliphatic heterocycles. The molecule has 0 unspecified atom stereocenters. The van der Waals surface area contributed by atoms with Gasteiger partial charge in [-0.1, -0.05) is 12.1 Å². The van der Waals surface area contributed by atoms with Crippen LogP contribution in [0.15, 0.2) is 24.3 Å². The van der Waals surface area contributed by atoms with Crippen LogP contribution >= 0.6 is 0 Å². The predicted molar refractivity (Wildman–Crippen MR) is 87.1 cm³/mol. The van der Waals surface area contributed by atoms with E-state index in [1.54, 1.807) is 24.3 Å². The Morgan fingerprint density at radius 3 is 2.68 bits per heavy atom. The average Bonchev–Trinajstić information content (AvgIpc) is 2.92. The molecule has 25 heavy (non-hydrogen) atoms. The molecule has 1 fully saturated rings. The van der Waals surface area contributed by atoms with Crippen LogP contribution in [-0.4, -0.2) is 56.7 Å². The summed E-state index contributed by atoms with van der Waals surface area (Å²) in [6, 6.07) is 6.49. The second-order valence-corrected chi connectivity index (χ2v) is 8.28. The summed E-state index contributed by atoms with van der Waals surface area (Å²) in [5.74, 6) is -0.304. The summed E-state index contributed by atoms with van der Waals surface area (Å²) in [6.45, 7) is 1.42. The molecule has 3 rings (SSSR count). The molecule has 2 aliphatic rings. The van der Waals surface area contributed by atoms with Crippen molar-refractivity contribution in [2.45, 2.75) is 31.6 Å². The number of para-hydroxylation sites is 2. The Morgan fingerprint density at radius 1 is 1.28 bits per heavy atom. The van der Waals surface area contributed by atoms with Crippen LogP contribution in [0.25, 0.3) is 0 Å². The van der Waals surface area contributed by atoms with Crippen molar-refractivity contribution in [3.05, 3.63) is 24.3 Å². The van der Waals surface area contributed by atoms with Gasteiger partial charge in [-0.05, 0) is 25.5 Å². The summed E-state index contributed by atoms with van der Waals surface area (Å²) in [4.78, 5) is 24.2. The molecule has 1 aromatic rings. The SMILES string of the molecule is C[C@@H](OC(=O)[C@@H]1COc2ccccc2O1)C(=O)N[C@@H]1CCS(=O)(=O)C1. The van der Waals surface area contributed by atoms with Gasteiger partial charge in [-0.2, -0.15) is 0 Å². The summed E-state index contributed by atoms with van der Waals surface area (Å²) >= 11 is 0. The molecule has 0 saturated carbocycles. The van der Waals surface area contributed by atoms with E-state index in [2.05, 4.69) is 5.32 Å². The molecule has 3 atom stereocenters. The normalized spacial score (nSPS) is 25.0. The van der Waals surface area contributed by atoms with E-state index in [0.717, 1.165) is 0 Å². The quantitative estimate of drug-likeness (QED) is 0.748. The molecule has 0 bridgehead atoms. The van der Waals surface area contributed by atoms with E-state index in [1.807, 2.05) is 0 Å². The van der Waals surface area contributed by atoms with Crippen molar-refractivity contribution < 1.29 is 32.2 Å². The highest BCUT2D eigenvalue weighted by Gasteiger charge is 2.33. The molecule has 2 heterocycles. The monoisotopic (exact) mass is 369 g/mol. The molecule has 0 radical (unpaired) electrons. The van der Waals surface area contributed by atoms with E-state index in [1.165, 1.54) is 6.92 Å². The number of benzene rings is 1. The first-order valence-electron chi connectivity index (χ1n) is 7.94. The van der Waals surface area contributed by atoms with E-state index >= 15 is 0 Å². The molecule has 1 amide bonds. The third kappa shape index (κ3) is 4.22. The Balaban J connectivity index is 1.52. The zero-order valence-electron chi connectivity index (χ0n) is 13.6. The second-order valence-electron chi connectivity index (χ2n) is 6.05. The van der Waals surface area contributed by atoms with Crippen LogP contribution in [0.2, 0.25) is 0 Å². The maximum atomic E-state index is 12.2. The molecule has 1 saturated heterocycles. The van der Waals surface area contributed by atoms with Crippen LogP contribution in [0.5, 0.6) is 11.5 Å². The zero-order chi connectivity index (χ0) is 18.0. The van der Waals surface area contributed by atoms with E-state index in [9.17, 15) is 18.0 Å². The second kappa shape index (κ2) is 6.91. The Hall–Kier alpha value is -2.29. The standard InChI is InChI=1S/C16H19NO7S/c1-10(15(18)17-11-6-7-25(20,21)9-11)23-16(19)14-8-22-12-4-2-3-5-13(12)24-14/h2-5,10-11,14H,6-9H2,1H3,(H,17,18)/t10-,11-,14+/m1/s1. The molecule has 9 heteroatoms. The third-order valence-electron chi connectivity index (χ3n) is 4.01. The fourth-order valence-electron chi connectivity index (χ4n) is 2.67. The first kappa shape index (κ1) is 17.5. The van der Waals surface area contributed by atoms with E-state index in [4.69, 9.17) is 14.2 Å². The van der Waals surface area contributed by atoms with Gasteiger partial charge in [0.15, 0.2) is 27.4 Å². The van der Waals surface area contributed by atoms with Gasteiger partial charge in [0.05, 0.1) is 11.5 Å². The maximum Gasteiger partial charge on any atom is 0.351 e. The van der Waals surface area contributed by atoms with Crippen molar-refractivity contribution in [1.29, 1.82) is 0 Å².